The van der Waals surface area contributed by atoms with Crippen LogP contribution in [-0.2, 0) is 0 Å². The first-order valence-electron chi connectivity index (χ1n) is 3.63. The average molecular weight is 197 g/mol. The van der Waals surface area contributed by atoms with Crippen molar-refractivity contribution < 1.29 is 19.8 Å². The van der Waals surface area contributed by atoms with Crippen molar-refractivity contribution in [3.8, 4) is 5.88 Å². The Labute approximate surface area is 77.8 Å². The third-order valence-electron chi connectivity index (χ3n) is 1.82. The Morgan fingerprint density at radius 2 is 2.07 bits per heavy atom. The van der Waals surface area contributed by atoms with Crippen molar-refractivity contribution >= 4 is 12.3 Å². The molecule has 0 fully saturated rings. The minimum absolute atomic E-state index is 0.0475. The summed E-state index contributed by atoms with van der Waals surface area (Å²) in [5.41, 5.74) is -1.74. The summed E-state index contributed by atoms with van der Waals surface area (Å²) in [6, 6.07) is 0. The van der Waals surface area contributed by atoms with E-state index in [4.69, 9.17) is 10.2 Å². The van der Waals surface area contributed by atoms with Crippen LogP contribution in [0.2, 0.25) is 0 Å². The molecule has 0 aliphatic rings. The van der Waals surface area contributed by atoms with Crippen LogP contribution in [0.15, 0.2) is 4.79 Å². The molecule has 6 nitrogen and oxygen atoms in total. The lowest BCUT2D eigenvalue weighted by atomic mass is 10.1. The Balaban J connectivity index is 3.69. The third kappa shape index (κ3) is 1.37. The molecule has 0 radical (unpaired) electrons. The molecule has 1 aromatic rings. The van der Waals surface area contributed by atoms with Crippen LogP contribution in [0.4, 0.5) is 0 Å². The molecule has 0 saturated carbocycles. The van der Waals surface area contributed by atoms with E-state index >= 15 is 0 Å². The summed E-state index contributed by atoms with van der Waals surface area (Å²) in [5.74, 6) is -2.06. The predicted molar refractivity (Wildman–Crippen MR) is 45.8 cm³/mol. The van der Waals surface area contributed by atoms with Gasteiger partial charge in [-0.3, -0.25) is 14.6 Å². The van der Waals surface area contributed by atoms with Crippen LogP contribution in [0.3, 0.4) is 0 Å². The van der Waals surface area contributed by atoms with Gasteiger partial charge in [-0.1, -0.05) is 0 Å². The van der Waals surface area contributed by atoms with Gasteiger partial charge in [0.1, 0.15) is 5.56 Å². The van der Waals surface area contributed by atoms with E-state index < -0.39 is 23.0 Å². The van der Waals surface area contributed by atoms with Gasteiger partial charge in [0.25, 0.3) is 5.56 Å². The molecule has 6 heteroatoms. The van der Waals surface area contributed by atoms with Gasteiger partial charge in [-0.05, 0) is 12.5 Å². The van der Waals surface area contributed by atoms with Crippen LogP contribution >= 0.6 is 0 Å². The van der Waals surface area contributed by atoms with Crippen LogP contribution in [0.25, 0.3) is 0 Å². The monoisotopic (exact) mass is 197 g/mol. The largest absolute Gasteiger partial charge is 0.494 e. The Bertz CT molecular complexity index is 460. The zero-order chi connectivity index (χ0) is 10.9. The molecule has 0 aromatic carbocycles. The van der Waals surface area contributed by atoms with Crippen LogP contribution in [0.1, 0.15) is 26.3 Å². The SMILES string of the molecule is Cc1c(C=O)c(O)[nH]c(=O)c1C(=O)O. The van der Waals surface area contributed by atoms with Gasteiger partial charge in [-0.2, -0.15) is 0 Å². The molecule has 3 N–H and O–H groups in total. The quantitative estimate of drug-likeness (QED) is 0.574. The van der Waals surface area contributed by atoms with E-state index in [-0.39, 0.29) is 17.4 Å². The van der Waals surface area contributed by atoms with Crippen LogP contribution < -0.4 is 5.56 Å². The molecule has 0 saturated heterocycles. The number of carbonyl (C=O) groups excluding carboxylic acids is 1. The van der Waals surface area contributed by atoms with Crippen molar-refractivity contribution in [1.29, 1.82) is 0 Å². The zero-order valence-corrected chi connectivity index (χ0v) is 7.20. The van der Waals surface area contributed by atoms with Crippen LogP contribution in [0, 0.1) is 6.92 Å². The highest BCUT2D eigenvalue weighted by Crippen LogP contribution is 2.15. The summed E-state index contributed by atoms with van der Waals surface area (Å²) < 4.78 is 0. The lowest BCUT2D eigenvalue weighted by Gasteiger charge is -2.03. The topological polar surface area (TPSA) is 107 Å². The Kier molecular flexibility index (Phi) is 2.37. The fraction of sp³-hybridized carbons (Fsp3) is 0.125. The minimum atomic E-state index is -1.44. The first-order chi connectivity index (χ1) is 6.49. The number of hydrogen-bond donors (Lipinski definition) is 3. The van der Waals surface area contributed by atoms with Crippen molar-refractivity contribution in [2.45, 2.75) is 6.92 Å². The third-order valence-corrected chi connectivity index (χ3v) is 1.82. The first-order valence-corrected chi connectivity index (χ1v) is 3.63. The second-order valence-corrected chi connectivity index (χ2v) is 2.64. The molecule has 0 unspecified atom stereocenters. The van der Waals surface area contributed by atoms with Crippen molar-refractivity contribution in [3.05, 3.63) is 27.0 Å². The molecule has 0 bridgehead atoms. The summed E-state index contributed by atoms with van der Waals surface area (Å²) in [7, 11) is 0. The van der Waals surface area contributed by atoms with E-state index in [9.17, 15) is 14.4 Å². The maximum atomic E-state index is 11.1. The Hall–Kier alpha value is -2.11. The lowest BCUT2D eigenvalue weighted by Crippen LogP contribution is -2.20. The minimum Gasteiger partial charge on any atom is -0.494 e. The standard InChI is InChI=1S/C8H7NO5/c1-3-4(2-10)6(11)9-7(12)5(3)8(13)14/h2H,1H3,(H,13,14)(H2,9,11,12). The smallest absolute Gasteiger partial charge is 0.341 e. The molecule has 0 spiro atoms. The summed E-state index contributed by atoms with van der Waals surface area (Å²) in [6.45, 7) is 1.28. The van der Waals surface area contributed by atoms with Gasteiger partial charge in [0, 0.05) is 0 Å². The first kappa shape index (κ1) is 9.97. The summed E-state index contributed by atoms with van der Waals surface area (Å²) in [4.78, 5) is 34.0. The highest BCUT2D eigenvalue weighted by Gasteiger charge is 2.18. The Morgan fingerprint density at radius 3 is 2.50 bits per heavy atom. The molecule has 0 atom stereocenters. The summed E-state index contributed by atoms with van der Waals surface area (Å²) in [5, 5.41) is 17.7. The van der Waals surface area contributed by atoms with E-state index in [2.05, 4.69) is 0 Å². The number of carbonyl (C=O) groups is 2. The van der Waals surface area contributed by atoms with Crippen LogP contribution in [-0.4, -0.2) is 27.5 Å². The van der Waals surface area contributed by atoms with Crippen LogP contribution in [0.5, 0.6) is 5.88 Å². The maximum Gasteiger partial charge on any atom is 0.341 e. The van der Waals surface area contributed by atoms with Gasteiger partial charge < -0.3 is 10.2 Å². The van der Waals surface area contributed by atoms with Gasteiger partial charge in [0.05, 0.1) is 5.56 Å². The second-order valence-electron chi connectivity index (χ2n) is 2.64. The van der Waals surface area contributed by atoms with Crippen molar-refractivity contribution in [3.63, 3.8) is 0 Å². The molecule has 0 aliphatic heterocycles. The molecular formula is C8H7NO5. The fourth-order valence-electron chi connectivity index (χ4n) is 1.12. The number of rotatable bonds is 2. The predicted octanol–water partition coefficient (Wildman–Crippen LogP) is -0.100. The van der Waals surface area contributed by atoms with Crippen molar-refractivity contribution in [1.82, 2.24) is 4.98 Å². The molecular weight excluding hydrogens is 190 g/mol. The van der Waals surface area contributed by atoms with E-state index in [0.29, 0.717) is 0 Å². The number of aldehydes is 1. The number of aromatic carboxylic acids is 1. The Morgan fingerprint density at radius 1 is 1.50 bits per heavy atom. The van der Waals surface area contributed by atoms with Crippen molar-refractivity contribution in [2.24, 2.45) is 0 Å². The number of aromatic amines is 1. The van der Waals surface area contributed by atoms with Gasteiger partial charge in [-0.25, -0.2) is 4.79 Å². The maximum absolute atomic E-state index is 11.1. The van der Waals surface area contributed by atoms with Gasteiger partial charge in [0.15, 0.2) is 6.29 Å². The van der Waals surface area contributed by atoms with E-state index in [1.54, 1.807) is 0 Å². The normalized spacial score (nSPS) is 9.79. The van der Waals surface area contributed by atoms with E-state index in [1.807, 2.05) is 4.98 Å². The van der Waals surface area contributed by atoms with Gasteiger partial charge in [0.2, 0.25) is 5.88 Å². The summed E-state index contributed by atoms with van der Waals surface area (Å²) >= 11 is 0. The molecule has 14 heavy (non-hydrogen) atoms. The number of H-pyrrole nitrogens is 1. The number of carboxylic acid groups (broad SMARTS) is 1. The number of carboxylic acids is 1. The number of nitrogens with one attached hydrogen (secondary N) is 1. The lowest BCUT2D eigenvalue weighted by molar-refractivity contribution is 0.0694. The highest BCUT2D eigenvalue weighted by molar-refractivity contribution is 5.93. The van der Waals surface area contributed by atoms with Crippen molar-refractivity contribution in [2.75, 3.05) is 0 Å². The molecule has 1 heterocycles. The number of aromatic hydroxyl groups is 1. The molecule has 0 amide bonds. The average Bonchev–Trinajstić information content (AvgIpc) is 2.02. The highest BCUT2D eigenvalue weighted by atomic mass is 16.4. The van der Waals surface area contributed by atoms with Gasteiger partial charge >= 0.3 is 5.97 Å². The second kappa shape index (κ2) is 3.33. The number of pyridine rings is 1. The molecule has 0 aliphatic carbocycles. The van der Waals surface area contributed by atoms with E-state index in [0.717, 1.165) is 0 Å². The molecule has 74 valence electrons. The fourth-order valence-corrected chi connectivity index (χ4v) is 1.12. The van der Waals surface area contributed by atoms with Gasteiger partial charge in [-0.15, -0.1) is 0 Å². The number of aromatic nitrogens is 1. The molecule has 1 rings (SSSR count). The molecule has 1 aromatic heterocycles. The summed E-state index contributed by atoms with van der Waals surface area (Å²) in [6.07, 6.45) is 0.285. The number of hydrogen-bond acceptors (Lipinski definition) is 4. The zero-order valence-electron chi connectivity index (χ0n) is 7.20. The van der Waals surface area contributed by atoms with E-state index in [1.165, 1.54) is 6.92 Å².